The number of methoxy groups -OCH3 is 1. The van der Waals surface area contributed by atoms with Crippen LogP contribution in [0.25, 0.3) is 0 Å². The highest BCUT2D eigenvalue weighted by Crippen LogP contribution is 2.34. The van der Waals surface area contributed by atoms with Crippen LogP contribution in [0.3, 0.4) is 0 Å². The Hall–Kier alpha value is -2.40. The second kappa shape index (κ2) is 10.3. The van der Waals surface area contributed by atoms with Gasteiger partial charge in [-0.25, -0.2) is 0 Å². The maximum Gasteiger partial charge on any atom is 0.225 e. The number of ether oxygens (including phenoxy) is 1. The third-order valence-corrected chi connectivity index (χ3v) is 7.13. The number of aromatic nitrogens is 1. The molecular weight excluding hydrogens is 410 g/mol. The zero-order valence-corrected chi connectivity index (χ0v) is 20.7. The number of nitrogens with zero attached hydrogens (tertiary/aromatic N) is 2. The molecule has 0 bridgehead atoms. The minimum absolute atomic E-state index is 0.0756. The molecule has 1 aromatic carbocycles. The molecule has 1 aliphatic carbocycles. The molecule has 0 saturated carbocycles. The van der Waals surface area contributed by atoms with Crippen molar-refractivity contribution in [2.24, 2.45) is 11.3 Å². The van der Waals surface area contributed by atoms with Crippen LogP contribution in [0.2, 0.25) is 0 Å². The number of benzene rings is 1. The molecule has 5 heteroatoms. The van der Waals surface area contributed by atoms with Crippen molar-refractivity contribution in [1.29, 1.82) is 0 Å². The van der Waals surface area contributed by atoms with Crippen molar-refractivity contribution in [3.05, 3.63) is 58.9 Å². The number of nitrogens with one attached hydrogen (secondary N) is 1. The van der Waals surface area contributed by atoms with Crippen LogP contribution in [0.1, 0.15) is 74.9 Å². The normalized spacial score (nSPS) is 20.1. The fraction of sp³-hybridized carbons (Fsp3) is 0.571. The summed E-state index contributed by atoms with van der Waals surface area (Å²) in [5, 5.41) is 3.34. The van der Waals surface area contributed by atoms with E-state index >= 15 is 0 Å². The van der Waals surface area contributed by atoms with Crippen LogP contribution in [-0.4, -0.2) is 36.0 Å². The van der Waals surface area contributed by atoms with Gasteiger partial charge in [-0.3, -0.25) is 14.7 Å². The van der Waals surface area contributed by atoms with Gasteiger partial charge in [0.05, 0.1) is 18.8 Å². The van der Waals surface area contributed by atoms with Gasteiger partial charge in [-0.2, -0.15) is 0 Å². The molecule has 2 aliphatic rings. The van der Waals surface area contributed by atoms with Crippen LogP contribution < -0.4 is 10.1 Å². The van der Waals surface area contributed by atoms with Gasteiger partial charge in [0.25, 0.3) is 0 Å². The van der Waals surface area contributed by atoms with Crippen molar-refractivity contribution in [1.82, 2.24) is 15.2 Å². The minimum atomic E-state index is -0.433. The molecule has 1 aromatic heterocycles. The number of fused-ring (bicyclic) bond motifs is 1. The summed E-state index contributed by atoms with van der Waals surface area (Å²) in [5.74, 6) is 1.41. The molecule has 1 saturated heterocycles. The fourth-order valence-corrected chi connectivity index (χ4v) is 5.23. The van der Waals surface area contributed by atoms with E-state index in [1.54, 1.807) is 7.11 Å². The molecule has 1 aliphatic heterocycles. The highest BCUT2D eigenvalue weighted by atomic mass is 16.5. The molecule has 1 N–H and O–H groups in total. The predicted octanol–water partition coefficient (Wildman–Crippen LogP) is 5.08. The van der Waals surface area contributed by atoms with E-state index in [-0.39, 0.29) is 11.9 Å². The Morgan fingerprint density at radius 1 is 1.18 bits per heavy atom. The monoisotopic (exact) mass is 449 g/mol. The highest BCUT2D eigenvalue weighted by molar-refractivity contribution is 5.81. The molecule has 2 aromatic rings. The maximum absolute atomic E-state index is 12.9. The fourth-order valence-electron chi connectivity index (χ4n) is 5.23. The summed E-state index contributed by atoms with van der Waals surface area (Å²) >= 11 is 0. The van der Waals surface area contributed by atoms with E-state index in [9.17, 15) is 4.79 Å². The van der Waals surface area contributed by atoms with Gasteiger partial charge in [0.2, 0.25) is 5.91 Å². The Bertz CT molecular complexity index is 952. The number of hydrogen-bond acceptors (Lipinski definition) is 4. The van der Waals surface area contributed by atoms with E-state index in [0.29, 0.717) is 5.92 Å². The number of aryl methyl sites for hydroxylation is 2. The molecule has 1 fully saturated rings. The standard InChI is InChI=1S/C28H39N3O2/c1-28(2,3)27(32)30-26(24-13-7-8-14-29-24)22-12-9-15-31(18-22)19-23-16-20-10-5-6-11-21(20)17-25(23)33-4/h7-8,13-14,16-17,22,26H,5-6,9-12,15,18-19H2,1-4H3,(H,30,32)/t22-,26+/m1/s1. The molecule has 4 rings (SSSR count). The van der Waals surface area contributed by atoms with Crippen LogP contribution in [0.15, 0.2) is 36.5 Å². The Balaban J connectivity index is 1.53. The van der Waals surface area contributed by atoms with Gasteiger partial charge in [0, 0.05) is 30.3 Å². The van der Waals surface area contributed by atoms with Gasteiger partial charge in [0.15, 0.2) is 0 Å². The van der Waals surface area contributed by atoms with E-state index in [1.807, 2.05) is 45.2 Å². The molecular formula is C28H39N3O2. The van der Waals surface area contributed by atoms with Gasteiger partial charge >= 0.3 is 0 Å². The number of hydrogen-bond donors (Lipinski definition) is 1. The number of pyridine rings is 1. The first-order valence-corrected chi connectivity index (χ1v) is 12.5. The Morgan fingerprint density at radius 2 is 1.94 bits per heavy atom. The van der Waals surface area contributed by atoms with Crippen molar-refractivity contribution in [3.8, 4) is 5.75 Å². The van der Waals surface area contributed by atoms with Crippen molar-refractivity contribution in [3.63, 3.8) is 0 Å². The first-order chi connectivity index (χ1) is 15.8. The quantitative estimate of drug-likeness (QED) is 0.668. The minimum Gasteiger partial charge on any atom is -0.496 e. The summed E-state index contributed by atoms with van der Waals surface area (Å²) in [6.45, 7) is 8.79. The summed E-state index contributed by atoms with van der Waals surface area (Å²) in [7, 11) is 1.78. The van der Waals surface area contributed by atoms with E-state index in [0.717, 1.165) is 50.3 Å². The summed E-state index contributed by atoms with van der Waals surface area (Å²) in [4.78, 5) is 20.1. The zero-order valence-electron chi connectivity index (χ0n) is 20.7. The molecule has 33 heavy (non-hydrogen) atoms. The van der Waals surface area contributed by atoms with Gasteiger partial charge in [0.1, 0.15) is 5.75 Å². The van der Waals surface area contributed by atoms with Crippen LogP contribution in [0, 0.1) is 11.3 Å². The first kappa shape index (κ1) is 23.7. The molecule has 2 heterocycles. The summed E-state index contributed by atoms with van der Waals surface area (Å²) in [6.07, 6.45) is 8.93. The average molecular weight is 450 g/mol. The van der Waals surface area contributed by atoms with Crippen LogP contribution in [-0.2, 0) is 24.2 Å². The number of rotatable bonds is 6. The molecule has 178 valence electrons. The highest BCUT2D eigenvalue weighted by Gasteiger charge is 2.33. The molecule has 0 spiro atoms. The van der Waals surface area contributed by atoms with Gasteiger partial charge in [-0.15, -0.1) is 0 Å². The lowest BCUT2D eigenvalue weighted by Crippen LogP contribution is -2.45. The third kappa shape index (κ3) is 5.75. The van der Waals surface area contributed by atoms with Crippen molar-refractivity contribution in [2.45, 2.75) is 71.9 Å². The van der Waals surface area contributed by atoms with Crippen molar-refractivity contribution >= 4 is 5.91 Å². The lowest BCUT2D eigenvalue weighted by atomic mass is 9.86. The summed E-state index contributed by atoms with van der Waals surface area (Å²) in [6, 6.07) is 10.6. The molecule has 5 nitrogen and oxygen atoms in total. The lowest BCUT2D eigenvalue weighted by Gasteiger charge is -2.38. The second-order valence-corrected chi connectivity index (χ2v) is 10.7. The largest absolute Gasteiger partial charge is 0.496 e. The van der Waals surface area contributed by atoms with Crippen LogP contribution in [0.4, 0.5) is 0 Å². The Labute approximate surface area is 198 Å². The summed E-state index contributed by atoms with van der Waals surface area (Å²) < 4.78 is 5.79. The second-order valence-electron chi connectivity index (χ2n) is 10.7. The molecule has 1 amide bonds. The average Bonchev–Trinajstić information content (AvgIpc) is 2.82. The number of carbonyl (C=O) groups is 1. The molecule has 0 radical (unpaired) electrons. The maximum atomic E-state index is 12.9. The lowest BCUT2D eigenvalue weighted by molar-refractivity contribution is -0.130. The Morgan fingerprint density at radius 3 is 2.61 bits per heavy atom. The third-order valence-electron chi connectivity index (χ3n) is 7.13. The number of likely N-dealkylation sites (tertiary alicyclic amines) is 1. The van der Waals surface area contributed by atoms with E-state index in [2.05, 4.69) is 27.3 Å². The number of piperidine rings is 1. The predicted molar refractivity (Wildman–Crippen MR) is 132 cm³/mol. The topological polar surface area (TPSA) is 54.5 Å². The summed E-state index contributed by atoms with van der Waals surface area (Å²) in [5.41, 5.74) is 4.76. The molecule has 0 unspecified atom stereocenters. The van der Waals surface area contributed by atoms with E-state index in [1.165, 1.54) is 36.0 Å². The smallest absolute Gasteiger partial charge is 0.225 e. The Kier molecular flexibility index (Phi) is 7.38. The van der Waals surface area contributed by atoms with E-state index in [4.69, 9.17) is 4.74 Å². The molecule has 2 atom stereocenters. The zero-order chi connectivity index (χ0) is 23.4. The van der Waals surface area contributed by atoms with Crippen molar-refractivity contribution in [2.75, 3.05) is 20.2 Å². The van der Waals surface area contributed by atoms with Gasteiger partial charge < -0.3 is 10.1 Å². The first-order valence-electron chi connectivity index (χ1n) is 12.5. The van der Waals surface area contributed by atoms with Crippen LogP contribution >= 0.6 is 0 Å². The number of carbonyl (C=O) groups excluding carboxylic acids is 1. The van der Waals surface area contributed by atoms with Gasteiger partial charge in [-0.05, 0) is 80.3 Å². The van der Waals surface area contributed by atoms with Crippen LogP contribution in [0.5, 0.6) is 5.75 Å². The van der Waals surface area contributed by atoms with E-state index < -0.39 is 5.41 Å². The SMILES string of the molecule is COc1cc2c(cc1CN1CCC[C@@H]([C@H](NC(=O)C(C)(C)C)c3ccccn3)C1)CCCC2. The van der Waals surface area contributed by atoms with Crippen molar-refractivity contribution < 1.29 is 9.53 Å². The van der Waals surface area contributed by atoms with Gasteiger partial charge in [-0.1, -0.05) is 32.9 Å². The number of amides is 1.